The largest absolute Gasteiger partial charge is 0.368 e. The van der Waals surface area contributed by atoms with Crippen molar-refractivity contribution >= 4 is 5.91 Å². The average molecular weight is 354 g/mol. The molecule has 4 rings (SSSR count). The quantitative estimate of drug-likeness (QED) is 0.922. The first-order valence-corrected chi connectivity index (χ1v) is 9.13. The van der Waals surface area contributed by atoms with Crippen molar-refractivity contribution in [1.82, 2.24) is 4.90 Å². The Kier molecular flexibility index (Phi) is 4.74. The SMILES string of the molecule is NC[C@H]1CO[C@@H](C(=O)N2CCc3ccccc3[C@@H]2c2ccc(F)cc2)C1. The van der Waals surface area contributed by atoms with E-state index in [4.69, 9.17) is 10.5 Å². The van der Waals surface area contributed by atoms with Crippen molar-refractivity contribution < 1.29 is 13.9 Å². The maximum absolute atomic E-state index is 13.4. The Bertz CT molecular complexity index is 793. The zero-order valence-electron chi connectivity index (χ0n) is 14.6. The van der Waals surface area contributed by atoms with E-state index in [9.17, 15) is 9.18 Å². The topological polar surface area (TPSA) is 55.6 Å². The van der Waals surface area contributed by atoms with E-state index in [1.54, 1.807) is 12.1 Å². The Morgan fingerprint density at radius 3 is 2.69 bits per heavy atom. The van der Waals surface area contributed by atoms with Gasteiger partial charge in [0, 0.05) is 6.54 Å². The Morgan fingerprint density at radius 2 is 1.96 bits per heavy atom. The summed E-state index contributed by atoms with van der Waals surface area (Å²) in [5.74, 6) is -0.0317. The number of nitrogens with two attached hydrogens (primary N) is 1. The van der Waals surface area contributed by atoms with Gasteiger partial charge in [0.25, 0.3) is 5.91 Å². The molecule has 0 bridgehead atoms. The van der Waals surface area contributed by atoms with Gasteiger partial charge in [-0.2, -0.15) is 0 Å². The van der Waals surface area contributed by atoms with Crippen LogP contribution in [0.25, 0.3) is 0 Å². The van der Waals surface area contributed by atoms with Gasteiger partial charge in [0.1, 0.15) is 11.9 Å². The van der Waals surface area contributed by atoms with Crippen LogP contribution in [0.1, 0.15) is 29.2 Å². The molecule has 2 aromatic rings. The Hall–Kier alpha value is -2.24. The van der Waals surface area contributed by atoms with Crippen LogP contribution in [0.2, 0.25) is 0 Å². The minimum absolute atomic E-state index is 0.00442. The molecule has 2 heterocycles. The molecule has 5 heteroatoms. The number of carbonyl (C=O) groups is 1. The predicted molar refractivity (Wildman–Crippen MR) is 97.0 cm³/mol. The van der Waals surface area contributed by atoms with Gasteiger partial charge in [-0.05, 0) is 54.1 Å². The van der Waals surface area contributed by atoms with Crippen LogP contribution in [0.5, 0.6) is 0 Å². The number of nitrogens with zero attached hydrogens (tertiary/aromatic N) is 1. The van der Waals surface area contributed by atoms with Gasteiger partial charge in [-0.3, -0.25) is 4.79 Å². The van der Waals surface area contributed by atoms with Gasteiger partial charge in [-0.15, -0.1) is 0 Å². The first-order valence-electron chi connectivity index (χ1n) is 9.13. The van der Waals surface area contributed by atoms with E-state index in [1.165, 1.54) is 17.7 Å². The summed E-state index contributed by atoms with van der Waals surface area (Å²) in [7, 11) is 0. The molecule has 1 amide bonds. The van der Waals surface area contributed by atoms with E-state index in [0.29, 0.717) is 26.1 Å². The summed E-state index contributed by atoms with van der Waals surface area (Å²) >= 11 is 0. The molecule has 0 aliphatic carbocycles. The minimum Gasteiger partial charge on any atom is -0.368 e. The monoisotopic (exact) mass is 354 g/mol. The Balaban J connectivity index is 1.69. The van der Waals surface area contributed by atoms with Crippen LogP contribution < -0.4 is 5.73 Å². The lowest BCUT2D eigenvalue weighted by molar-refractivity contribution is -0.143. The molecule has 136 valence electrons. The molecule has 0 spiro atoms. The summed E-state index contributed by atoms with van der Waals surface area (Å²) in [6.07, 6.45) is 1.05. The molecule has 4 nitrogen and oxygen atoms in total. The average Bonchev–Trinajstić information content (AvgIpc) is 3.16. The molecule has 0 saturated carbocycles. The molecule has 2 N–H and O–H groups in total. The van der Waals surface area contributed by atoms with Crippen LogP contribution in [-0.4, -0.2) is 36.6 Å². The van der Waals surface area contributed by atoms with Crippen LogP contribution in [0.15, 0.2) is 48.5 Å². The van der Waals surface area contributed by atoms with Crippen molar-refractivity contribution in [3.05, 3.63) is 71.0 Å². The molecule has 2 aliphatic rings. The van der Waals surface area contributed by atoms with Crippen molar-refractivity contribution in [2.45, 2.75) is 25.0 Å². The highest BCUT2D eigenvalue weighted by Gasteiger charge is 2.38. The standard InChI is InChI=1S/C21H23FN2O2/c22-17-7-5-16(6-8-17)20-18-4-2-1-3-15(18)9-10-24(20)21(25)19-11-14(12-23)13-26-19/h1-8,14,19-20H,9-13,23H2/t14-,19+,20-/m0/s1. The molecule has 2 aliphatic heterocycles. The van der Waals surface area contributed by atoms with Crippen molar-refractivity contribution in [3.63, 3.8) is 0 Å². The van der Waals surface area contributed by atoms with Gasteiger partial charge in [-0.1, -0.05) is 36.4 Å². The fraction of sp³-hybridized carbons (Fsp3) is 0.381. The van der Waals surface area contributed by atoms with E-state index in [0.717, 1.165) is 17.5 Å². The third-order valence-electron chi connectivity index (χ3n) is 5.44. The maximum Gasteiger partial charge on any atom is 0.252 e. The normalized spacial score (nSPS) is 25.2. The van der Waals surface area contributed by atoms with Gasteiger partial charge < -0.3 is 15.4 Å². The number of carbonyl (C=O) groups excluding carboxylic acids is 1. The second-order valence-electron chi connectivity index (χ2n) is 7.09. The number of amides is 1. The van der Waals surface area contributed by atoms with Crippen LogP contribution >= 0.6 is 0 Å². The highest BCUT2D eigenvalue weighted by Crippen LogP contribution is 2.36. The van der Waals surface area contributed by atoms with Crippen LogP contribution in [0, 0.1) is 11.7 Å². The molecule has 3 atom stereocenters. The lowest BCUT2D eigenvalue weighted by atomic mass is 9.87. The lowest BCUT2D eigenvalue weighted by Gasteiger charge is -2.39. The lowest BCUT2D eigenvalue weighted by Crippen LogP contribution is -2.45. The first kappa shape index (κ1) is 17.2. The summed E-state index contributed by atoms with van der Waals surface area (Å²) in [5, 5.41) is 0. The zero-order chi connectivity index (χ0) is 18.1. The molecular weight excluding hydrogens is 331 g/mol. The minimum atomic E-state index is -0.434. The number of hydrogen-bond donors (Lipinski definition) is 1. The van der Waals surface area contributed by atoms with E-state index in [2.05, 4.69) is 12.1 Å². The summed E-state index contributed by atoms with van der Waals surface area (Å²) in [6, 6.07) is 14.4. The van der Waals surface area contributed by atoms with Gasteiger partial charge in [0.15, 0.2) is 0 Å². The fourth-order valence-corrected chi connectivity index (χ4v) is 4.02. The van der Waals surface area contributed by atoms with Crippen LogP contribution in [-0.2, 0) is 16.0 Å². The van der Waals surface area contributed by atoms with Crippen molar-refractivity contribution in [2.24, 2.45) is 11.7 Å². The number of rotatable bonds is 3. The maximum atomic E-state index is 13.4. The molecule has 0 aromatic heterocycles. The molecule has 1 fully saturated rings. The van der Waals surface area contributed by atoms with Crippen LogP contribution in [0.3, 0.4) is 0 Å². The third-order valence-corrected chi connectivity index (χ3v) is 5.44. The van der Waals surface area contributed by atoms with Gasteiger partial charge in [0.05, 0.1) is 12.6 Å². The molecule has 26 heavy (non-hydrogen) atoms. The number of ether oxygens (including phenoxy) is 1. The highest BCUT2D eigenvalue weighted by molar-refractivity contribution is 5.82. The molecular formula is C21H23FN2O2. The third kappa shape index (κ3) is 3.13. The van der Waals surface area contributed by atoms with Gasteiger partial charge in [-0.25, -0.2) is 4.39 Å². The van der Waals surface area contributed by atoms with E-state index >= 15 is 0 Å². The smallest absolute Gasteiger partial charge is 0.252 e. The van der Waals surface area contributed by atoms with Crippen molar-refractivity contribution in [3.8, 4) is 0 Å². The first-order chi connectivity index (χ1) is 12.7. The molecule has 1 saturated heterocycles. The Morgan fingerprint density at radius 1 is 1.19 bits per heavy atom. The summed E-state index contributed by atoms with van der Waals surface area (Å²) in [4.78, 5) is 15.1. The summed E-state index contributed by atoms with van der Waals surface area (Å²) < 4.78 is 19.2. The predicted octanol–water partition coefficient (Wildman–Crippen LogP) is 2.66. The number of hydrogen-bond acceptors (Lipinski definition) is 3. The van der Waals surface area contributed by atoms with Crippen molar-refractivity contribution in [2.75, 3.05) is 19.7 Å². The Labute approximate surface area is 152 Å². The van der Waals surface area contributed by atoms with Crippen LogP contribution in [0.4, 0.5) is 4.39 Å². The van der Waals surface area contributed by atoms with Gasteiger partial charge in [0.2, 0.25) is 0 Å². The second-order valence-corrected chi connectivity index (χ2v) is 7.09. The summed E-state index contributed by atoms with van der Waals surface area (Å²) in [5.41, 5.74) is 8.98. The zero-order valence-corrected chi connectivity index (χ0v) is 14.6. The highest BCUT2D eigenvalue weighted by atomic mass is 19.1. The second kappa shape index (κ2) is 7.17. The summed E-state index contributed by atoms with van der Waals surface area (Å²) in [6.45, 7) is 1.71. The molecule has 2 aromatic carbocycles. The number of halogens is 1. The van der Waals surface area contributed by atoms with Gasteiger partial charge >= 0.3 is 0 Å². The number of benzene rings is 2. The fourth-order valence-electron chi connectivity index (χ4n) is 4.02. The van der Waals surface area contributed by atoms with E-state index < -0.39 is 6.10 Å². The molecule has 0 radical (unpaired) electrons. The van der Waals surface area contributed by atoms with E-state index in [-0.39, 0.29) is 23.7 Å². The van der Waals surface area contributed by atoms with Crippen molar-refractivity contribution in [1.29, 1.82) is 0 Å². The molecule has 0 unspecified atom stereocenters. The van der Waals surface area contributed by atoms with E-state index in [1.807, 2.05) is 17.0 Å². The number of fused-ring (bicyclic) bond motifs is 1.